The maximum absolute atomic E-state index is 8.84. The second-order valence-corrected chi connectivity index (χ2v) is 4.78. The van der Waals surface area contributed by atoms with Crippen LogP contribution in [-0.4, -0.2) is 16.8 Å². The molecule has 0 amide bonds. The molecule has 1 aromatic carbocycles. The molecule has 0 saturated heterocycles. The molecule has 1 aromatic heterocycles. The highest BCUT2D eigenvalue weighted by molar-refractivity contribution is 5.73. The number of aromatic nitrogens is 2. The Balaban J connectivity index is 2.37. The molecule has 2 aromatic rings. The summed E-state index contributed by atoms with van der Waals surface area (Å²) in [5, 5.41) is 13.3. The zero-order valence-electron chi connectivity index (χ0n) is 12.1. The van der Waals surface area contributed by atoms with Gasteiger partial charge in [0.1, 0.15) is 0 Å². The van der Waals surface area contributed by atoms with Crippen LogP contribution in [-0.2, 0) is 13.5 Å². The summed E-state index contributed by atoms with van der Waals surface area (Å²) in [4.78, 5) is 1.99. The highest BCUT2D eigenvalue weighted by Crippen LogP contribution is 2.31. The van der Waals surface area contributed by atoms with Crippen LogP contribution >= 0.6 is 0 Å². The highest BCUT2D eigenvalue weighted by atomic mass is 15.4. The fourth-order valence-electron chi connectivity index (χ4n) is 2.29. The smallest absolute Gasteiger partial charge is 0.154 e. The summed E-state index contributed by atoms with van der Waals surface area (Å²) in [6.45, 7) is 2.11. The lowest BCUT2D eigenvalue weighted by Crippen LogP contribution is -2.15. The topological polar surface area (TPSA) is 70.9 Å². The van der Waals surface area contributed by atoms with E-state index in [1.54, 1.807) is 16.8 Å². The van der Waals surface area contributed by atoms with Gasteiger partial charge in [-0.25, -0.2) is 0 Å². The maximum atomic E-state index is 8.84. The number of anilines is 3. The summed E-state index contributed by atoms with van der Waals surface area (Å²) < 4.78 is 1.80. The molecule has 0 spiro atoms. The summed E-state index contributed by atoms with van der Waals surface area (Å²) in [7, 11) is 3.84. The molecule has 0 aliphatic carbocycles. The second-order valence-electron chi connectivity index (χ2n) is 4.78. The first-order valence-electron chi connectivity index (χ1n) is 6.63. The van der Waals surface area contributed by atoms with Crippen LogP contribution in [0.15, 0.2) is 24.3 Å². The van der Waals surface area contributed by atoms with Crippen molar-refractivity contribution in [1.29, 1.82) is 5.26 Å². The van der Waals surface area contributed by atoms with Gasteiger partial charge < -0.3 is 10.6 Å². The molecule has 1 heterocycles. The standard InChI is InChI=1S/C15H19N5/c1-4-5-13-14(17)15(20(3)18-13)19(2)12-8-6-11(10-16)7-9-12/h6-9H,4-5,17H2,1-3H3. The van der Waals surface area contributed by atoms with Crippen LogP contribution < -0.4 is 10.6 Å². The van der Waals surface area contributed by atoms with Crippen molar-refractivity contribution in [2.24, 2.45) is 7.05 Å². The van der Waals surface area contributed by atoms with Crippen LogP contribution in [0.4, 0.5) is 17.2 Å². The molecule has 0 fully saturated rings. The van der Waals surface area contributed by atoms with Gasteiger partial charge in [0.25, 0.3) is 0 Å². The molecule has 5 nitrogen and oxygen atoms in total. The van der Waals surface area contributed by atoms with Crippen molar-refractivity contribution in [3.8, 4) is 6.07 Å². The Morgan fingerprint density at radius 3 is 2.55 bits per heavy atom. The van der Waals surface area contributed by atoms with Crippen LogP contribution in [0.5, 0.6) is 0 Å². The fourth-order valence-corrected chi connectivity index (χ4v) is 2.29. The average molecular weight is 269 g/mol. The van der Waals surface area contributed by atoms with Crippen LogP contribution in [0, 0.1) is 11.3 Å². The fraction of sp³-hybridized carbons (Fsp3) is 0.333. The molecule has 2 rings (SSSR count). The van der Waals surface area contributed by atoms with Crippen molar-refractivity contribution in [3.63, 3.8) is 0 Å². The van der Waals surface area contributed by atoms with Crippen molar-refractivity contribution in [2.45, 2.75) is 19.8 Å². The predicted octanol–water partition coefficient (Wildman–Crippen LogP) is 2.59. The van der Waals surface area contributed by atoms with E-state index in [9.17, 15) is 0 Å². The minimum Gasteiger partial charge on any atom is -0.394 e. The van der Waals surface area contributed by atoms with Crippen LogP contribution in [0.3, 0.4) is 0 Å². The van der Waals surface area contributed by atoms with Gasteiger partial charge in [0, 0.05) is 19.8 Å². The van der Waals surface area contributed by atoms with Gasteiger partial charge >= 0.3 is 0 Å². The molecule has 0 unspecified atom stereocenters. The second kappa shape index (κ2) is 5.66. The van der Waals surface area contributed by atoms with E-state index in [1.807, 2.05) is 31.1 Å². The van der Waals surface area contributed by atoms with Crippen molar-refractivity contribution < 1.29 is 0 Å². The summed E-state index contributed by atoms with van der Waals surface area (Å²) >= 11 is 0. The van der Waals surface area contributed by atoms with Gasteiger partial charge in [-0.15, -0.1) is 0 Å². The zero-order chi connectivity index (χ0) is 14.7. The van der Waals surface area contributed by atoms with E-state index in [-0.39, 0.29) is 0 Å². The first-order chi connectivity index (χ1) is 9.58. The van der Waals surface area contributed by atoms with E-state index in [1.165, 1.54) is 0 Å². The summed E-state index contributed by atoms with van der Waals surface area (Å²) in [5.41, 5.74) is 9.49. The summed E-state index contributed by atoms with van der Waals surface area (Å²) in [6.07, 6.45) is 1.89. The van der Waals surface area contributed by atoms with E-state index in [0.29, 0.717) is 5.56 Å². The van der Waals surface area contributed by atoms with Crippen molar-refractivity contribution >= 4 is 17.2 Å². The Bertz CT molecular complexity index is 634. The summed E-state index contributed by atoms with van der Waals surface area (Å²) in [5.74, 6) is 0.873. The number of hydrogen-bond acceptors (Lipinski definition) is 4. The molecule has 5 heteroatoms. The van der Waals surface area contributed by atoms with E-state index in [2.05, 4.69) is 18.1 Å². The lowest BCUT2D eigenvalue weighted by Gasteiger charge is -2.20. The molecule has 0 aliphatic rings. The van der Waals surface area contributed by atoms with Crippen LogP contribution in [0.25, 0.3) is 0 Å². The molecular weight excluding hydrogens is 250 g/mol. The molecule has 104 valence electrons. The Morgan fingerprint density at radius 2 is 2.00 bits per heavy atom. The molecule has 0 saturated carbocycles. The molecule has 0 atom stereocenters. The number of hydrogen-bond donors (Lipinski definition) is 1. The Hall–Kier alpha value is -2.48. The minimum absolute atomic E-state index is 0.645. The number of nitrogens with two attached hydrogens (primary N) is 1. The van der Waals surface area contributed by atoms with Gasteiger partial charge in [0.05, 0.1) is 23.0 Å². The number of rotatable bonds is 4. The van der Waals surface area contributed by atoms with E-state index in [4.69, 9.17) is 11.0 Å². The van der Waals surface area contributed by atoms with E-state index < -0.39 is 0 Å². The van der Waals surface area contributed by atoms with Gasteiger partial charge in [-0.1, -0.05) is 13.3 Å². The Labute approximate surface area is 119 Å². The molecular formula is C15H19N5. The average Bonchev–Trinajstić information content (AvgIpc) is 2.73. The first-order valence-corrected chi connectivity index (χ1v) is 6.63. The third-order valence-electron chi connectivity index (χ3n) is 3.32. The number of nitriles is 1. The lowest BCUT2D eigenvalue weighted by molar-refractivity contribution is 0.730. The predicted molar refractivity (Wildman–Crippen MR) is 80.8 cm³/mol. The number of benzene rings is 1. The van der Waals surface area contributed by atoms with Crippen molar-refractivity contribution in [1.82, 2.24) is 9.78 Å². The number of nitrogen functional groups attached to an aromatic ring is 1. The molecule has 0 bridgehead atoms. The van der Waals surface area contributed by atoms with E-state index in [0.717, 1.165) is 35.7 Å². The van der Waals surface area contributed by atoms with Gasteiger partial charge in [-0.3, -0.25) is 4.68 Å². The van der Waals surface area contributed by atoms with Crippen LogP contribution in [0.2, 0.25) is 0 Å². The number of nitrogens with zero attached hydrogens (tertiary/aromatic N) is 4. The van der Waals surface area contributed by atoms with Gasteiger partial charge in [0.2, 0.25) is 0 Å². The molecule has 20 heavy (non-hydrogen) atoms. The maximum Gasteiger partial charge on any atom is 0.154 e. The normalized spacial score (nSPS) is 10.3. The van der Waals surface area contributed by atoms with Gasteiger partial charge in [0.15, 0.2) is 5.82 Å². The summed E-state index contributed by atoms with van der Waals surface area (Å²) in [6, 6.07) is 9.52. The van der Waals surface area contributed by atoms with Crippen molar-refractivity contribution in [3.05, 3.63) is 35.5 Å². The third kappa shape index (κ3) is 2.45. The Morgan fingerprint density at radius 1 is 1.35 bits per heavy atom. The number of aryl methyl sites for hydroxylation is 2. The van der Waals surface area contributed by atoms with Crippen LogP contribution in [0.1, 0.15) is 24.6 Å². The molecule has 2 N–H and O–H groups in total. The van der Waals surface area contributed by atoms with E-state index >= 15 is 0 Å². The third-order valence-corrected chi connectivity index (χ3v) is 3.32. The highest BCUT2D eigenvalue weighted by Gasteiger charge is 2.17. The molecule has 0 radical (unpaired) electrons. The van der Waals surface area contributed by atoms with Gasteiger partial charge in [-0.2, -0.15) is 10.4 Å². The quantitative estimate of drug-likeness (QED) is 0.926. The monoisotopic (exact) mass is 269 g/mol. The largest absolute Gasteiger partial charge is 0.394 e. The molecule has 0 aliphatic heterocycles. The minimum atomic E-state index is 0.645. The first kappa shape index (κ1) is 13.9. The lowest BCUT2D eigenvalue weighted by atomic mass is 10.2. The van der Waals surface area contributed by atoms with Crippen molar-refractivity contribution in [2.75, 3.05) is 17.7 Å². The Kier molecular flexibility index (Phi) is 3.94. The SMILES string of the molecule is CCCc1nn(C)c(N(C)c2ccc(C#N)cc2)c1N. The van der Waals surface area contributed by atoms with Gasteiger partial charge in [-0.05, 0) is 30.7 Å². The zero-order valence-corrected chi connectivity index (χ0v) is 12.1.